The van der Waals surface area contributed by atoms with Crippen LogP contribution in [-0.4, -0.2) is 63.8 Å². The lowest BCUT2D eigenvalue weighted by molar-refractivity contribution is 0.137. The molecule has 0 amide bonds. The van der Waals surface area contributed by atoms with Gasteiger partial charge in [0.1, 0.15) is 11.4 Å². The SMILES string of the molecule is CCCC(C)(C)N(C)c1c(NC[C@H](O)[C@@H](N)C[C@H](Cc2ccc(OC)c(OCCCOC)c2)C(C)C)c(=O)c1=O. The summed E-state index contributed by atoms with van der Waals surface area (Å²) in [6.07, 6.45) is 3.09. The normalized spacial score (nSPS) is 14.3. The maximum absolute atomic E-state index is 12.4. The Morgan fingerprint density at radius 1 is 1.10 bits per heavy atom. The maximum atomic E-state index is 12.4. The minimum atomic E-state index is -0.886. The number of aliphatic hydroxyl groups is 1. The average molecular weight is 562 g/mol. The fraction of sp³-hybridized carbons (Fsp3) is 0.677. The Labute approximate surface area is 239 Å². The van der Waals surface area contributed by atoms with Crippen LogP contribution in [0.15, 0.2) is 27.8 Å². The summed E-state index contributed by atoms with van der Waals surface area (Å²) in [5.74, 6) is 1.92. The Hall–Kier alpha value is -2.62. The molecule has 4 N–H and O–H groups in total. The molecular weight excluding hydrogens is 510 g/mol. The van der Waals surface area contributed by atoms with E-state index in [1.165, 1.54) is 0 Å². The predicted molar refractivity (Wildman–Crippen MR) is 163 cm³/mol. The molecule has 0 spiro atoms. The summed E-state index contributed by atoms with van der Waals surface area (Å²) in [5, 5.41) is 13.9. The van der Waals surface area contributed by atoms with Crippen LogP contribution in [0, 0.1) is 11.8 Å². The van der Waals surface area contributed by atoms with Gasteiger partial charge in [0, 0.05) is 45.3 Å². The minimum Gasteiger partial charge on any atom is -0.493 e. The van der Waals surface area contributed by atoms with Gasteiger partial charge in [-0.15, -0.1) is 0 Å². The molecule has 0 aromatic heterocycles. The van der Waals surface area contributed by atoms with Crippen molar-refractivity contribution >= 4 is 11.4 Å². The van der Waals surface area contributed by atoms with Crippen LogP contribution >= 0.6 is 0 Å². The van der Waals surface area contributed by atoms with Crippen molar-refractivity contribution in [2.45, 2.75) is 84.4 Å². The lowest BCUT2D eigenvalue weighted by Gasteiger charge is -2.38. The third-order valence-electron chi connectivity index (χ3n) is 7.97. The first-order chi connectivity index (χ1) is 18.9. The first-order valence-corrected chi connectivity index (χ1v) is 14.4. The molecule has 0 aliphatic carbocycles. The van der Waals surface area contributed by atoms with Crippen LogP contribution in [0.1, 0.15) is 65.9 Å². The number of ether oxygens (including phenoxy) is 3. The average Bonchev–Trinajstić information content (AvgIpc) is 2.91. The molecule has 0 aliphatic rings. The number of benzene rings is 1. The van der Waals surface area contributed by atoms with Crippen LogP contribution < -0.4 is 36.3 Å². The van der Waals surface area contributed by atoms with Gasteiger partial charge in [0.2, 0.25) is 0 Å². The number of nitrogens with two attached hydrogens (primary N) is 1. The Morgan fingerprint density at radius 3 is 2.40 bits per heavy atom. The van der Waals surface area contributed by atoms with Crippen molar-refractivity contribution in [1.29, 1.82) is 0 Å². The van der Waals surface area contributed by atoms with Crippen LogP contribution in [0.4, 0.5) is 11.4 Å². The van der Waals surface area contributed by atoms with E-state index >= 15 is 0 Å². The fourth-order valence-electron chi connectivity index (χ4n) is 5.05. The van der Waals surface area contributed by atoms with Crippen LogP contribution in [0.25, 0.3) is 0 Å². The molecule has 0 radical (unpaired) electrons. The van der Waals surface area contributed by atoms with E-state index in [2.05, 4.69) is 26.1 Å². The maximum Gasteiger partial charge on any atom is 0.253 e. The molecule has 9 heteroatoms. The molecule has 3 atom stereocenters. The van der Waals surface area contributed by atoms with E-state index < -0.39 is 23.0 Å². The van der Waals surface area contributed by atoms with E-state index in [1.54, 1.807) is 14.2 Å². The number of nitrogens with zero attached hydrogens (tertiary/aromatic N) is 1. The highest BCUT2D eigenvalue weighted by Crippen LogP contribution is 2.32. The number of nitrogens with one attached hydrogen (secondary N) is 1. The van der Waals surface area contributed by atoms with E-state index in [0.717, 1.165) is 31.2 Å². The topological polar surface area (TPSA) is 123 Å². The van der Waals surface area contributed by atoms with Gasteiger partial charge in [0.25, 0.3) is 10.9 Å². The van der Waals surface area contributed by atoms with Crippen molar-refractivity contribution in [3.8, 4) is 11.5 Å². The number of rotatable bonds is 19. The molecule has 2 rings (SSSR count). The largest absolute Gasteiger partial charge is 0.493 e. The number of anilines is 2. The molecule has 0 saturated heterocycles. The van der Waals surface area contributed by atoms with Gasteiger partial charge in [-0.05, 0) is 62.6 Å². The summed E-state index contributed by atoms with van der Waals surface area (Å²) in [7, 11) is 5.13. The summed E-state index contributed by atoms with van der Waals surface area (Å²) in [5.41, 5.74) is 6.90. The van der Waals surface area contributed by atoms with Gasteiger partial charge in [-0.3, -0.25) is 9.59 Å². The zero-order valence-corrected chi connectivity index (χ0v) is 25.7. The molecule has 0 heterocycles. The summed E-state index contributed by atoms with van der Waals surface area (Å²) >= 11 is 0. The van der Waals surface area contributed by atoms with Gasteiger partial charge in [-0.2, -0.15) is 0 Å². The fourth-order valence-corrected chi connectivity index (χ4v) is 5.05. The second-order valence-electron chi connectivity index (χ2n) is 11.7. The van der Waals surface area contributed by atoms with Gasteiger partial charge in [-0.25, -0.2) is 0 Å². The Bertz CT molecular complexity index is 1130. The number of hydrogen-bond acceptors (Lipinski definition) is 9. The van der Waals surface area contributed by atoms with E-state index in [1.807, 2.05) is 44.0 Å². The standard InChI is InChI=1S/C31H51N3O6/c1-9-13-31(4,5)34(6)28-27(29(36)30(28)37)33-19-24(35)23(32)18-22(20(2)3)16-21-11-12-25(39-8)26(17-21)40-15-10-14-38-7/h11-12,17,20,22-24,33,35H,9-10,13-16,18-19,32H2,1-8H3/t22-,23-,24-/m0/s1. The molecular formula is C31H51N3O6. The van der Waals surface area contributed by atoms with E-state index in [0.29, 0.717) is 42.7 Å². The zero-order valence-electron chi connectivity index (χ0n) is 25.7. The molecule has 2 aromatic carbocycles. The van der Waals surface area contributed by atoms with Crippen molar-refractivity contribution in [2.75, 3.05) is 51.2 Å². The van der Waals surface area contributed by atoms with E-state index in [9.17, 15) is 14.7 Å². The van der Waals surface area contributed by atoms with Crippen LogP contribution in [-0.2, 0) is 11.2 Å². The Morgan fingerprint density at radius 2 is 1.80 bits per heavy atom. The smallest absolute Gasteiger partial charge is 0.253 e. The zero-order chi connectivity index (χ0) is 30.0. The second kappa shape index (κ2) is 15.4. The predicted octanol–water partition coefficient (Wildman–Crippen LogP) is 3.73. The lowest BCUT2D eigenvalue weighted by Crippen LogP contribution is -2.50. The van der Waals surface area contributed by atoms with Gasteiger partial charge in [-0.1, -0.05) is 33.3 Å². The molecule has 40 heavy (non-hydrogen) atoms. The van der Waals surface area contributed by atoms with Crippen molar-refractivity contribution in [3.63, 3.8) is 0 Å². The van der Waals surface area contributed by atoms with Gasteiger partial charge >= 0.3 is 0 Å². The molecule has 226 valence electrons. The quantitative estimate of drug-likeness (QED) is 0.174. The third kappa shape index (κ3) is 8.69. The van der Waals surface area contributed by atoms with Crippen LogP contribution in [0.5, 0.6) is 11.5 Å². The summed E-state index contributed by atoms with van der Waals surface area (Å²) in [6, 6.07) is 5.45. The van der Waals surface area contributed by atoms with E-state index in [-0.39, 0.29) is 23.7 Å². The highest BCUT2D eigenvalue weighted by atomic mass is 16.5. The molecule has 0 unspecified atom stereocenters. The summed E-state index contributed by atoms with van der Waals surface area (Å²) in [4.78, 5) is 26.6. The third-order valence-corrected chi connectivity index (χ3v) is 7.97. The van der Waals surface area contributed by atoms with Crippen molar-refractivity contribution < 1.29 is 19.3 Å². The van der Waals surface area contributed by atoms with Gasteiger partial charge in [0.15, 0.2) is 11.5 Å². The van der Waals surface area contributed by atoms with Crippen molar-refractivity contribution in [1.82, 2.24) is 0 Å². The number of aliphatic hydroxyl groups excluding tert-OH is 1. The summed E-state index contributed by atoms with van der Waals surface area (Å²) in [6.45, 7) is 11.7. The van der Waals surface area contributed by atoms with Crippen LogP contribution in [0.2, 0.25) is 0 Å². The van der Waals surface area contributed by atoms with Crippen LogP contribution in [0.3, 0.4) is 0 Å². The van der Waals surface area contributed by atoms with E-state index in [4.69, 9.17) is 19.9 Å². The Kier molecular flexibility index (Phi) is 12.9. The summed E-state index contributed by atoms with van der Waals surface area (Å²) < 4.78 is 16.5. The highest BCUT2D eigenvalue weighted by Gasteiger charge is 2.32. The number of methoxy groups -OCH3 is 2. The first kappa shape index (κ1) is 33.6. The number of hydrogen-bond donors (Lipinski definition) is 3. The monoisotopic (exact) mass is 561 g/mol. The molecule has 9 nitrogen and oxygen atoms in total. The molecule has 0 fully saturated rings. The first-order valence-electron chi connectivity index (χ1n) is 14.4. The molecule has 0 aliphatic heterocycles. The van der Waals surface area contributed by atoms with Crippen molar-refractivity contribution in [2.24, 2.45) is 17.6 Å². The molecule has 0 bridgehead atoms. The highest BCUT2D eigenvalue weighted by molar-refractivity contribution is 5.75. The lowest BCUT2D eigenvalue weighted by atomic mass is 9.83. The van der Waals surface area contributed by atoms with Gasteiger partial charge in [0.05, 0.1) is 19.8 Å². The minimum absolute atomic E-state index is 0.0912. The Balaban J connectivity index is 2.05. The molecule has 0 saturated carbocycles. The van der Waals surface area contributed by atoms with Gasteiger partial charge < -0.3 is 35.3 Å². The molecule has 2 aromatic rings. The second-order valence-corrected chi connectivity index (χ2v) is 11.7. The van der Waals surface area contributed by atoms with Crippen molar-refractivity contribution in [3.05, 3.63) is 44.2 Å².